The van der Waals surface area contributed by atoms with E-state index in [1.807, 2.05) is 4.90 Å². The van der Waals surface area contributed by atoms with Gasteiger partial charge in [-0.3, -0.25) is 9.69 Å². The predicted molar refractivity (Wildman–Crippen MR) is 97.6 cm³/mol. The second-order valence-corrected chi connectivity index (χ2v) is 6.76. The third-order valence-electron chi connectivity index (χ3n) is 4.72. The molecule has 2 saturated heterocycles. The van der Waals surface area contributed by atoms with Crippen LogP contribution in [0.25, 0.3) is 0 Å². The van der Waals surface area contributed by atoms with Crippen molar-refractivity contribution in [1.82, 2.24) is 14.7 Å². The number of nitrogens with one attached hydrogen (secondary N) is 1. The quantitative estimate of drug-likeness (QED) is 0.807. The molecule has 0 radical (unpaired) electrons. The highest BCUT2D eigenvalue weighted by atomic mass is 19.4. The van der Waals surface area contributed by atoms with Gasteiger partial charge in [-0.1, -0.05) is 0 Å². The van der Waals surface area contributed by atoms with Crippen LogP contribution >= 0.6 is 0 Å². The zero-order valence-corrected chi connectivity index (χ0v) is 15.8. The molecule has 3 amide bonds. The summed E-state index contributed by atoms with van der Waals surface area (Å²) in [6, 6.07) is 4.62. The summed E-state index contributed by atoms with van der Waals surface area (Å²) < 4.78 is 45.6. The summed E-state index contributed by atoms with van der Waals surface area (Å²) in [7, 11) is 0. The molecular weight excluding hydrogens is 393 g/mol. The first-order chi connectivity index (χ1) is 13.8. The Bertz CT molecular complexity index is 700. The molecule has 0 bridgehead atoms. The van der Waals surface area contributed by atoms with Crippen LogP contribution in [0.1, 0.15) is 0 Å². The van der Waals surface area contributed by atoms with Crippen molar-refractivity contribution in [2.75, 3.05) is 64.3 Å². The Kier molecular flexibility index (Phi) is 6.80. The zero-order valence-electron chi connectivity index (χ0n) is 15.8. The Morgan fingerprint density at radius 1 is 0.966 bits per heavy atom. The molecule has 0 atom stereocenters. The van der Waals surface area contributed by atoms with Crippen LogP contribution in [0.3, 0.4) is 0 Å². The number of hydrogen-bond acceptors (Lipinski definition) is 5. The number of nitrogens with zero attached hydrogens (tertiary/aromatic N) is 3. The van der Waals surface area contributed by atoms with Gasteiger partial charge in [0.2, 0.25) is 5.91 Å². The Balaban J connectivity index is 1.42. The van der Waals surface area contributed by atoms with E-state index in [9.17, 15) is 22.8 Å². The lowest BCUT2D eigenvalue weighted by Gasteiger charge is -2.36. The van der Waals surface area contributed by atoms with Crippen LogP contribution in [0.5, 0.6) is 5.75 Å². The number of piperazine rings is 1. The Hall–Kier alpha value is -2.53. The van der Waals surface area contributed by atoms with Gasteiger partial charge in [0.15, 0.2) is 0 Å². The first kappa shape index (κ1) is 21.2. The lowest BCUT2D eigenvalue weighted by molar-refractivity contribution is -0.274. The number of benzene rings is 1. The predicted octanol–water partition coefficient (Wildman–Crippen LogP) is 1.59. The number of carbonyl (C=O) groups is 2. The average Bonchev–Trinajstić information content (AvgIpc) is 2.69. The van der Waals surface area contributed by atoms with Crippen molar-refractivity contribution in [3.05, 3.63) is 24.3 Å². The van der Waals surface area contributed by atoms with Crippen molar-refractivity contribution in [2.45, 2.75) is 6.36 Å². The van der Waals surface area contributed by atoms with E-state index in [0.29, 0.717) is 64.7 Å². The van der Waals surface area contributed by atoms with Gasteiger partial charge in [0, 0.05) is 45.0 Å². The number of amides is 3. The van der Waals surface area contributed by atoms with Crippen LogP contribution < -0.4 is 10.1 Å². The van der Waals surface area contributed by atoms with E-state index < -0.39 is 6.36 Å². The van der Waals surface area contributed by atoms with Gasteiger partial charge in [-0.15, -0.1) is 13.2 Å². The summed E-state index contributed by atoms with van der Waals surface area (Å²) >= 11 is 0. The Labute approximate surface area is 166 Å². The molecule has 1 aromatic rings. The van der Waals surface area contributed by atoms with Gasteiger partial charge in [0.1, 0.15) is 5.75 Å². The van der Waals surface area contributed by atoms with E-state index in [0.717, 1.165) is 12.1 Å². The lowest BCUT2D eigenvalue weighted by atomic mass is 10.3. The second-order valence-electron chi connectivity index (χ2n) is 6.76. The maximum Gasteiger partial charge on any atom is 0.573 e. The summed E-state index contributed by atoms with van der Waals surface area (Å²) in [6.45, 7) is 4.70. The van der Waals surface area contributed by atoms with E-state index in [2.05, 4.69) is 10.1 Å². The minimum absolute atomic E-state index is 0.0624. The number of ether oxygens (including phenoxy) is 2. The monoisotopic (exact) mass is 416 g/mol. The molecule has 1 N–H and O–H groups in total. The molecule has 29 heavy (non-hydrogen) atoms. The molecule has 0 spiro atoms. The summed E-state index contributed by atoms with van der Waals surface area (Å²) in [5.74, 6) is -0.290. The highest BCUT2D eigenvalue weighted by molar-refractivity contribution is 5.89. The molecule has 3 rings (SSSR count). The van der Waals surface area contributed by atoms with Crippen LogP contribution in [0.2, 0.25) is 0 Å². The molecule has 11 heteroatoms. The van der Waals surface area contributed by atoms with E-state index >= 15 is 0 Å². The second kappa shape index (κ2) is 9.31. The normalized spacial score (nSPS) is 18.4. The van der Waals surface area contributed by atoms with Crippen LogP contribution in [0.4, 0.5) is 23.7 Å². The van der Waals surface area contributed by atoms with E-state index in [1.54, 1.807) is 9.80 Å². The Morgan fingerprint density at radius 3 is 2.17 bits per heavy atom. The average molecular weight is 416 g/mol. The first-order valence-corrected chi connectivity index (χ1v) is 9.30. The van der Waals surface area contributed by atoms with Gasteiger partial charge in [-0.05, 0) is 24.3 Å². The van der Waals surface area contributed by atoms with Gasteiger partial charge in [-0.2, -0.15) is 0 Å². The van der Waals surface area contributed by atoms with Crippen LogP contribution in [-0.2, 0) is 9.53 Å². The molecule has 2 aliphatic rings. The molecule has 1 aromatic carbocycles. The largest absolute Gasteiger partial charge is 0.573 e. The van der Waals surface area contributed by atoms with Crippen molar-refractivity contribution in [1.29, 1.82) is 0 Å². The molecule has 2 fully saturated rings. The maximum atomic E-state index is 12.4. The highest BCUT2D eigenvalue weighted by Crippen LogP contribution is 2.24. The third kappa shape index (κ3) is 6.50. The van der Waals surface area contributed by atoms with Crippen molar-refractivity contribution in [3.63, 3.8) is 0 Å². The fourth-order valence-electron chi connectivity index (χ4n) is 3.16. The molecule has 0 aliphatic carbocycles. The van der Waals surface area contributed by atoms with E-state index in [1.165, 1.54) is 12.1 Å². The summed E-state index contributed by atoms with van der Waals surface area (Å²) in [5.41, 5.74) is 0.370. The minimum Gasteiger partial charge on any atom is -0.406 e. The molecule has 0 aromatic heterocycles. The van der Waals surface area contributed by atoms with Gasteiger partial charge in [0.25, 0.3) is 0 Å². The third-order valence-corrected chi connectivity index (χ3v) is 4.72. The van der Waals surface area contributed by atoms with Gasteiger partial charge >= 0.3 is 12.4 Å². The van der Waals surface area contributed by atoms with Crippen molar-refractivity contribution in [3.8, 4) is 5.75 Å². The molecule has 0 saturated carbocycles. The molecule has 0 unspecified atom stereocenters. The summed E-state index contributed by atoms with van der Waals surface area (Å²) in [4.78, 5) is 30.0. The first-order valence-electron chi connectivity index (χ1n) is 9.30. The number of halogens is 3. The number of alkyl halides is 3. The van der Waals surface area contributed by atoms with Crippen LogP contribution in [-0.4, -0.2) is 92.0 Å². The Morgan fingerprint density at radius 2 is 1.59 bits per heavy atom. The van der Waals surface area contributed by atoms with Gasteiger partial charge in [0.05, 0.1) is 19.8 Å². The topological polar surface area (TPSA) is 74.4 Å². The van der Waals surface area contributed by atoms with Gasteiger partial charge < -0.3 is 24.6 Å². The van der Waals surface area contributed by atoms with Crippen molar-refractivity contribution >= 4 is 17.6 Å². The van der Waals surface area contributed by atoms with Crippen LogP contribution in [0.15, 0.2) is 24.3 Å². The molecule has 8 nitrogen and oxygen atoms in total. The number of hydrogen-bond donors (Lipinski definition) is 1. The van der Waals surface area contributed by atoms with Crippen molar-refractivity contribution in [2.24, 2.45) is 0 Å². The van der Waals surface area contributed by atoms with E-state index in [-0.39, 0.29) is 17.7 Å². The molecule has 2 heterocycles. The number of morpholine rings is 1. The standard InChI is InChI=1S/C18H23F3N4O4/c19-18(20,21)29-15-3-1-14(2-4-15)22-17(27)25-7-5-23(6-8-25)13-16(26)24-9-11-28-12-10-24/h1-4H,5-13H2,(H,22,27). The number of carbonyl (C=O) groups excluding carboxylic acids is 2. The number of anilines is 1. The summed E-state index contributed by atoms with van der Waals surface area (Å²) in [5, 5.41) is 2.65. The maximum absolute atomic E-state index is 12.4. The van der Waals surface area contributed by atoms with Crippen LogP contribution in [0, 0.1) is 0 Å². The molecular formula is C18H23F3N4O4. The van der Waals surface area contributed by atoms with E-state index in [4.69, 9.17) is 4.74 Å². The fraction of sp³-hybridized carbons (Fsp3) is 0.556. The smallest absolute Gasteiger partial charge is 0.406 e. The zero-order chi connectivity index (χ0) is 20.9. The minimum atomic E-state index is -4.76. The van der Waals surface area contributed by atoms with Gasteiger partial charge in [-0.25, -0.2) is 4.79 Å². The highest BCUT2D eigenvalue weighted by Gasteiger charge is 2.31. The molecule has 160 valence electrons. The number of rotatable bonds is 4. The number of urea groups is 1. The summed E-state index contributed by atoms with van der Waals surface area (Å²) in [6.07, 6.45) is -4.76. The fourth-order valence-corrected chi connectivity index (χ4v) is 3.16. The SMILES string of the molecule is O=C(CN1CCN(C(=O)Nc2ccc(OC(F)(F)F)cc2)CC1)N1CCOCC1. The van der Waals surface area contributed by atoms with Crippen molar-refractivity contribution < 1.29 is 32.2 Å². The lowest BCUT2D eigenvalue weighted by Crippen LogP contribution is -2.53. The molecule has 2 aliphatic heterocycles.